The van der Waals surface area contributed by atoms with Crippen LogP contribution in [0.4, 0.5) is 24.5 Å². The largest absolute Gasteiger partial charge is 0.416 e. The van der Waals surface area contributed by atoms with Gasteiger partial charge in [0, 0.05) is 25.4 Å². The molecule has 1 N–H and O–H groups in total. The van der Waals surface area contributed by atoms with Gasteiger partial charge >= 0.3 is 11.0 Å². The molecule has 43 heavy (non-hydrogen) atoms. The SMILES string of the molecule is O=C(Cn1c2c(sc1=O)[C@@H](c1cccc(Br)c1)[C@@H]1C(=O)N(c3ccc(Br)cc3)C(=O)[C@@H]1S2)Nc1cccc(C(F)(F)F)c1. The lowest BCUT2D eigenvalue weighted by atomic mass is 9.83. The summed E-state index contributed by atoms with van der Waals surface area (Å²) < 4.78 is 42.2. The average molecular weight is 753 g/mol. The summed E-state index contributed by atoms with van der Waals surface area (Å²) in [5, 5.41) is 1.93. The van der Waals surface area contributed by atoms with Crippen molar-refractivity contribution < 1.29 is 27.6 Å². The molecule has 220 valence electrons. The van der Waals surface area contributed by atoms with Gasteiger partial charge in [0.15, 0.2) is 0 Å². The van der Waals surface area contributed by atoms with E-state index in [1.165, 1.54) is 21.6 Å². The minimum absolute atomic E-state index is 0.0709. The number of nitrogens with zero attached hydrogens (tertiary/aromatic N) is 2. The molecule has 1 saturated heterocycles. The molecule has 2 aliphatic rings. The third-order valence-corrected chi connectivity index (χ3v) is 10.7. The highest BCUT2D eigenvalue weighted by Crippen LogP contribution is 2.54. The maximum Gasteiger partial charge on any atom is 0.416 e. The van der Waals surface area contributed by atoms with Crippen LogP contribution in [0.25, 0.3) is 0 Å². The average Bonchev–Trinajstić information content (AvgIpc) is 3.39. The van der Waals surface area contributed by atoms with Crippen molar-refractivity contribution in [3.63, 3.8) is 0 Å². The number of anilines is 2. The van der Waals surface area contributed by atoms with Crippen LogP contribution in [0.1, 0.15) is 21.9 Å². The predicted molar refractivity (Wildman–Crippen MR) is 164 cm³/mol. The molecule has 14 heteroatoms. The zero-order chi connectivity index (χ0) is 30.6. The number of benzene rings is 3. The third kappa shape index (κ3) is 5.61. The summed E-state index contributed by atoms with van der Waals surface area (Å²) in [5.41, 5.74) is 0.140. The second-order valence-corrected chi connectivity index (χ2v) is 13.8. The minimum atomic E-state index is -4.59. The monoisotopic (exact) mass is 751 g/mol. The number of amides is 3. The number of imide groups is 1. The van der Waals surface area contributed by atoms with E-state index in [9.17, 15) is 32.3 Å². The predicted octanol–water partition coefficient (Wildman–Crippen LogP) is 6.89. The zero-order valence-electron chi connectivity index (χ0n) is 21.6. The van der Waals surface area contributed by atoms with E-state index in [1.807, 2.05) is 18.2 Å². The van der Waals surface area contributed by atoms with Gasteiger partial charge in [-0.25, -0.2) is 4.90 Å². The van der Waals surface area contributed by atoms with E-state index in [4.69, 9.17) is 0 Å². The van der Waals surface area contributed by atoms with E-state index in [1.54, 1.807) is 30.3 Å². The van der Waals surface area contributed by atoms with Crippen LogP contribution < -0.4 is 15.1 Å². The van der Waals surface area contributed by atoms with Gasteiger partial charge in [0.2, 0.25) is 17.7 Å². The molecule has 0 aliphatic carbocycles. The Morgan fingerprint density at radius 3 is 2.33 bits per heavy atom. The maximum atomic E-state index is 13.9. The molecule has 0 spiro atoms. The van der Waals surface area contributed by atoms with Crippen LogP contribution in [-0.2, 0) is 27.1 Å². The topological polar surface area (TPSA) is 88.5 Å². The Morgan fingerprint density at radius 1 is 0.907 bits per heavy atom. The number of hydrogen-bond acceptors (Lipinski definition) is 6. The highest BCUT2D eigenvalue weighted by atomic mass is 79.9. The molecule has 3 atom stereocenters. The maximum absolute atomic E-state index is 13.9. The van der Waals surface area contributed by atoms with E-state index < -0.39 is 58.0 Å². The van der Waals surface area contributed by atoms with Crippen molar-refractivity contribution in [2.24, 2.45) is 5.92 Å². The van der Waals surface area contributed by atoms with E-state index in [-0.39, 0.29) is 5.69 Å². The van der Waals surface area contributed by atoms with E-state index in [0.29, 0.717) is 21.2 Å². The Labute approximate surface area is 267 Å². The molecule has 0 unspecified atom stereocenters. The van der Waals surface area contributed by atoms with Gasteiger partial charge < -0.3 is 5.32 Å². The summed E-state index contributed by atoms with van der Waals surface area (Å²) in [5.74, 6) is -3.01. The normalized spacial score (nSPS) is 19.7. The smallest absolute Gasteiger partial charge is 0.325 e. The lowest BCUT2D eigenvalue weighted by molar-refractivity contribution is -0.137. The fraction of sp³-hybridized carbons (Fsp3) is 0.172. The number of thioether (sulfide) groups is 1. The molecule has 3 amide bonds. The number of rotatable bonds is 5. The van der Waals surface area contributed by atoms with Crippen molar-refractivity contribution in [3.8, 4) is 0 Å². The molecule has 7 nitrogen and oxygen atoms in total. The number of nitrogens with one attached hydrogen (secondary N) is 1. The molecule has 1 fully saturated rings. The Morgan fingerprint density at radius 2 is 1.63 bits per heavy atom. The van der Waals surface area contributed by atoms with Crippen molar-refractivity contribution in [1.82, 2.24) is 4.57 Å². The molecular formula is C29H18Br2F3N3O4S2. The van der Waals surface area contributed by atoms with Gasteiger partial charge in [-0.15, -0.1) is 0 Å². The summed E-state index contributed by atoms with van der Waals surface area (Å²) >= 11 is 8.77. The zero-order valence-corrected chi connectivity index (χ0v) is 26.4. The quantitative estimate of drug-likeness (QED) is 0.225. The number of hydrogen-bond donors (Lipinski definition) is 1. The second-order valence-electron chi connectivity index (χ2n) is 9.84. The van der Waals surface area contributed by atoms with Gasteiger partial charge in [0.25, 0.3) is 0 Å². The van der Waals surface area contributed by atoms with Gasteiger partial charge in [0.05, 0.1) is 22.2 Å². The first kappa shape index (κ1) is 29.9. The standard InChI is InChI=1S/C29H18Br2F3N3O4S2/c30-16-7-9-19(10-8-16)37-25(39)22-21(14-3-1-5-17(31)11-14)24-27(42-23(22)26(37)40)36(28(41)43-24)13-20(38)35-18-6-2-4-15(12-18)29(32,33)34/h1-12,21-23H,13H2,(H,35,38)/t21-,22-,23+/m0/s1. The molecule has 0 bridgehead atoms. The van der Waals surface area contributed by atoms with Crippen LogP contribution >= 0.6 is 55.0 Å². The first-order valence-corrected chi connectivity index (χ1v) is 16.0. The summed E-state index contributed by atoms with van der Waals surface area (Å²) in [6.45, 7) is -0.491. The Hall–Kier alpha value is -3.20. The van der Waals surface area contributed by atoms with E-state index in [0.717, 1.165) is 44.2 Å². The Kier molecular flexibility index (Phi) is 7.90. The van der Waals surface area contributed by atoms with Gasteiger partial charge in [-0.1, -0.05) is 73.2 Å². The number of alkyl halides is 3. The van der Waals surface area contributed by atoms with Gasteiger partial charge in [-0.05, 0) is 60.2 Å². The van der Waals surface area contributed by atoms with E-state index >= 15 is 0 Å². The molecule has 2 aliphatic heterocycles. The first-order valence-electron chi connectivity index (χ1n) is 12.7. The van der Waals surface area contributed by atoms with Crippen molar-refractivity contribution in [2.75, 3.05) is 10.2 Å². The molecule has 0 saturated carbocycles. The highest BCUT2D eigenvalue weighted by molar-refractivity contribution is 9.10. The number of carbonyl (C=O) groups is 3. The lowest BCUT2D eigenvalue weighted by Crippen LogP contribution is -2.33. The Bertz CT molecular complexity index is 1840. The van der Waals surface area contributed by atoms with Gasteiger partial charge in [-0.3, -0.25) is 23.7 Å². The molecule has 6 rings (SSSR count). The van der Waals surface area contributed by atoms with E-state index in [2.05, 4.69) is 37.2 Å². The molecule has 4 aromatic rings. The molecule has 1 aromatic heterocycles. The highest BCUT2D eigenvalue weighted by Gasteiger charge is 2.56. The molecular weight excluding hydrogens is 735 g/mol. The van der Waals surface area contributed by atoms with Crippen molar-refractivity contribution in [2.45, 2.75) is 28.9 Å². The molecule has 0 radical (unpaired) electrons. The molecule has 3 heterocycles. The number of thiazole rings is 1. The number of fused-ring (bicyclic) bond motifs is 2. The summed E-state index contributed by atoms with van der Waals surface area (Å²) in [6, 6.07) is 18.3. The van der Waals surface area contributed by atoms with Crippen LogP contribution in [0.15, 0.2) is 91.6 Å². The summed E-state index contributed by atoms with van der Waals surface area (Å²) in [4.78, 5) is 55.2. The van der Waals surface area contributed by atoms with Crippen LogP contribution in [-0.4, -0.2) is 27.5 Å². The Balaban J connectivity index is 1.38. The van der Waals surface area contributed by atoms with Gasteiger partial charge in [0.1, 0.15) is 11.8 Å². The second kappa shape index (κ2) is 11.4. The van der Waals surface area contributed by atoms with Crippen molar-refractivity contribution >= 4 is 84.1 Å². The van der Waals surface area contributed by atoms with Crippen molar-refractivity contribution in [3.05, 3.63) is 107 Å². The van der Waals surface area contributed by atoms with Crippen LogP contribution in [0.5, 0.6) is 0 Å². The third-order valence-electron chi connectivity index (χ3n) is 7.12. The molecule has 3 aromatic carbocycles. The summed E-state index contributed by atoms with van der Waals surface area (Å²) in [6.07, 6.45) is -4.59. The number of carbonyl (C=O) groups excluding carboxylic acids is 3. The van der Waals surface area contributed by atoms with Crippen molar-refractivity contribution in [1.29, 1.82) is 0 Å². The number of halogens is 5. The fourth-order valence-electron chi connectivity index (χ4n) is 5.28. The first-order chi connectivity index (χ1) is 20.4. The fourth-order valence-corrected chi connectivity index (χ4v) is 8.73. The number of aromatic nitrogens is 1. The van der Waals surface area contributed by atoms with Crippen LogP contribution in [0.3, 0.4) is 0 Å². The van der Waals surface area contributed by atoms with Gasteiger partial charge in [-0.2, -0.15) is 13.2 Å². The summed E-state index contributed by atoms with van der Waals surface area (Å²) in [7, 11) is 0. The lowest BCUT2D eigenvalue weighted by Gasteiger charge is -2.30. The van der Waals surface area contributed by atoms with Crippen LogP contribution in [0.2, 0.25) is 0 Å². The minimum Gasteiger partial charge on any atom is -0.325 e. The van der Waals surface area contributed by atoms with Crippen LogP contribution in [0, 0.1) is 5.92 Å².